The molecular weight excluding hydrogens is 194 g/mol. The van der Waals surface area contributed by atoms with E-state index in [1.54, 1.807) is 6.20 Å². The highest BCUT2D eigenvalue weighted by Gasteiger charge is 2.28. The van der Waals surface area contributed by atoms with Crippen LogP contribution in [-0.2, 0) is 17.8 Å². The number of carboxylic acid groups (broad SMARTS) is 1. The maximum absolute atomic E-state index is 11.0. The lowest BCUT2D eigenvalue weighted by molar-refractivity contribution is -0.139. The highest BCUT2D eigenvalue weighted by Crippen LogP contribution is 2.27. The second-order valence-corrected chi connectivity index (χ2v) is 3.83. The van der Waals surface area contributed by atoms with E-state index in [2.05, 4.69) is 4.98 Å². The zero-order chi connectivity index (χ0) is 10.8. The monoisotopic (exact) mass is 209 g/mol. The van der Waals surface area contributed by atoms with E-state index in [-0.39, 0.29) is 0 Å². The summed E-state index contributed by atoms with van der Waals surface area (Å²) in [5.74, 6) is -0.525. The molecule has 2 heterocycles. The number of fused-ring (bicyclic) bond motifs is 1. The lowest BCUT2D eigenvalue weighted by atomic mass is 9.99. The number of nitrogens with two attached hydrogens (primary N) is 1. The minimum atomic E-state index is -0.777. The average Bonchev–Trinajstić information content (AvgIpc) is 2.62. The van der Waals surface area contributed by atoms with Gasteiger partial charge in [0.25, 0.3) is 0 Å². The number of hydrogen-bond donors (Lipinski definition) is 2. The summed E-state index contributed by atoms with van der Waals surface area (Å²) in [6.45, 7) is 1.44. The zero-order valence-corrected chi connectivity index (χ0v) is 8.52. The van der Waals surface area contributed by atoms with Gasteiger partial charge in [-0.05, 0) is 19.4 Å². The van der Waals surface area contributed by atoms with Crippen LogP contribution in [0.5, 0.6) is 0 Å². The molecule has 5 heteroatoms. The maximum atomic E-state index is 11.0. The van der Waals surface area contributed by atoms with Crippen LogP contribution in [0.4, 0.5) is 0 Å². The summed E-state index contributed by atoms with van der Waals surface area (Å²) in [7, 11) is 0. The van der Waals surface area contributed by atoms with Crippen molar-refractivity contribution in [2.75, 3.05) is 6.54 Å². The minimum Gasteiger partial charge on any atom is -0.481 e. The molecule has 15 heavy (non-hydrogen) atoms. The summed E-state index contributed by atoms with van der Waals surface area (Å²) in [5, 5.41) is 9.05. The van der Waals surface area contributed by atoms with E-state index in [1.165, 1.54) is 0 Å². The summed E-state index contributed by atoms with van der Waals surface area (Å²) >= 11 is 0. The predicted octanol–water partition coefficient (Wildman–Crippen LogP) is 0.346. The van der Waals surface area contributed by atoms with Gasteiger partial charge in [-0.2, -0.15) is 0 Å². The van der Waals surface area contributed by atoms with Crippen molar-refractivity contribution >= 4 is 5.97 Å². The molecule has 0 aliphatic carbocycles. The Balaban J connectivity index is 2.33. The van der Waals surface area contributed by atoms with Gasteiger partial charge in [0.15, 0.2) is 0 Å². The van der Waals surface area contributed by atoms with Crippen molar-refractivity contribution in [2.45, 2.75) is 31.7 Å². The molecule has 0 amide bonds. The van der Waals surface area contributed by atoms with Crippen molar-refractivity contribution in [3.63, 3.8) is 0 Å². The van der Waals surface area contributed by atoms with Crippen LogP contribution >= 0.6 is 0 Å². The van der Waals surface area contributed by atoms with E-state index < -0.39 is 11.9 Å². The predicted molar refractivity (Wildman–Crippen MR) is 54.6 cm³/mol. The van der Waals surface area contributed by atoms with Crippen molar-refractivity contribution in [1.29, 1.82) is 0 Å². The number of nitrogens with zero attached hydrogens (tertiary/aromatic N) is 2. The van der Waals surface area contributed by atoms with Gasteiger partial charge in [-0.3, -0.25) is 4.79 Å². The standard InChI is InChI=1S/C10H15N3O2/c11-4-3-7-6-12-9-8(10(14)15)2-1-5-13(7)9/h6,8H,1-5,11H2,(H,14,15). The SMILES string of the molecule is NCCc1cnc2n1CCCC2C(=O)O. The van der Waals surface area contributed by atoms with E-state index in [4.69, 9.17) is 10.8 Å². The summed E-state index contributed by atoms with van der Waals surface area (Å²) in [6, 6.07) is 0. The first-order valence-corrected chi connectivity index (χ1v) is 5.21. The number of carboxylic acids is 1. The first-order valence-electron chi connectivity index (χ1n) is 5.21. The fourth-order valence-electron chi connectivity index (χ4n) is 2.13. The molecule has 1 aliphatic rings. The van der Waals surface area contributed by atoms with Gasteiger partial charge < -0.3 is 15.4 Å². The highest BCUT2D eigenvalue weighted by atomic mass is 16.4. The van der Waals surface area contributed by atoms with Gasteiger partial charge in [0.2, 0.25) is 0 Å². The lowest BCUT2D eigenvalue weighted by Crippen LogP contribution is -2.23. The summed E-state index contributed by atoms with van der Waals surface area (Å²) in [5.41, 5.74) is 6.54. The van der Waals surface area contributed by atoms with Crippen molar-refractivity contribution in [3.8, 4) is 0 Å². The van der Waals surface area contributed by atoms with E-state index in [1.807, 2.05) is 4.57 Å². The zero-order valence-electron chi connectivity index (χ0n) is 8.52. The molecule has 1 atom stereocenters. The van der Waals surface area contributed by atoms with Gasteiger partial charge in [-0.25, -0.2) is 4.98 Å². The van der Waals surface area contributed by atoms with Crippen LogP contribution in [0.25, 0.3) is 0 Å². The van der Waals surface area contributed by atoms with Crippen LogP contribution in [0.3, 0.4) is 0 Å². The third-order valence-corrected chi connectivity index (χ3v) is 2.85. The third-order valence-electron chi connectivity index (χ3n) is 2.85. The maximum Gasteiger partial charge on any atom is 0.314 e. The molecular formula is C10H15N3O2. The summed E-state index contributed by atoms with van der Waals surface area (Å²) < 4.78 is 2.01. The first kappa shape index (κ1) is 10.2. The van der Waals surface area contributed by atoms with Gasteiger partial charge >= 0.3 is 5.97 Å². The Morgan fingerprint density at radius 2 is 2.53 bits per heavy atom. The number of carbonyl (C=O) groups is 1. The second-order valence-electron chi connectivity index (χ2n) is 3.83. The van der Waals surface area contributed by atoms with Gasteiger partial charge in [0.1, 0.15) is 11.7 Å². The fourth-order valence-corrected chi connectivity index (χ4v) is 2.13. The number of aliphatic carboxylic acids is 1. The molecule has 0 aromatic carbocycles. The topological polar surface area (TPSA) is 81.1 Å². The quantitative estimate of drug-likeness (QED) is 0.752. The van der Waals surface area contributed by atoms with Crippen molar-refractivity contribution < 1.29 is 9.90 Å². The molecule has 3 N–H and O–H groups in total. The summed E-state index contributed by atoms with van der Waals surface area (Å²) in [6.07, 6.45) is 4.11. The molecule has 0 saturated carbocycles. The number of imidazole rings is 1. The number of hydrogen-bond acceptors (Lipinski definition) is 3. The Labute approximate surface area is 87.9 Å². The molecule has 5 nitrogen and oxygen atoms in total. The van der Waals surface area contributed by atoms with E-state index >= 15 is 0 Å². The third kappa shape index (κ3) is 1.74. The van der Waals surface area contributed by atoms with Crippen LogP contribution < -0.4 is 5.73 Å². The van der Waals surface area contributed by atoms with Crippen molar-refractivity contribution in [3.05, 3.63) is 17.7 Å². The fraction of sp³-hybridized carbons (Fsp3) is 0.600. The van der Waals surface area contributed by atoms with Gasteiger partial charge in [-0.15, -0.1) is 0 Å². The van der Waals surface area contributed by atoms with Crippen molar-refractivity contribution in [2.24, 2.45) is 5.73 Å². The lowest BCUT2D eigenvalue weighted by Gasteiger charge is -2.21. The van der Waals surface area contributed by atoms with Crippen LogP contribution in [0, 0.1) is 0 Å². The minimum absolute atomic E-state index is 0.440. The molecule has 0 radical (unpaired) electrons. The Morgan fingerprint density at radius 3 is 3.20 bits per heavy atom. The van der Waals surface area contributed by atoms with Crippen LogP contribution in [0.15, 0.2) is 6.20 Å². The highest BCUT2D eigenvalue weighted by molar-refractivity contribution is 5.75. The van der Waals surface area contributed by atoms with Crippen LogP contribution in [-0.4, -0.2) is 27.2 Å². The molecule has 0 bridgehead atoms. The summed E-state index contributed by atoms with van der Waals surface area (Å²) in [4.78, 5) is 15.2. The normalized spacial score (nSPS) is 19.9. The molecule has 1 aliphatic heterocycles. The smallest absolute Gasteiger partial charge is 0.314 e. The Kier molecular flexibility index (Phi) is 2.73. The second kappa shape index (κ2) is 4.02. The Hall–Kier alpha value is -1.36. The molecule has 2 rings (SSSR count). The Bertz CT molecular complexity index is 373. The molecule has 1 unspecified atom stereocenters. The average molecular weight is 209 g/mol. The van der Waals surface area contributed by atoms with E-state index in [0.29, 0.717) is 18.8 Å². The Morgan fingerprint density at radius 1 is 1.73 bits per heavy atom. The molecule has 82 valence electrons. The van der Waals surface area contributed by atoms with Crippen LogP contribution in [0.2, 0.25) is 0 Å². The molecule has 0 saturated heterocycles. The first-order chi connectivity index (χ1) is 7.24. The van der Waals surface area contributed by atoms with E-state index in [9.17, 15) is 4.79 Å². The number of aromatic nitrogens is 2. The molecule has 1 aromatic heterocycles. The molecule has 1 aromatic rings. The van der Waals surface area contributed by atoms with E-state index in [0.717, 1.165) is 25.1 Å². The molecule has 0 fully saturated rings. The number of rotatable bonds is 3. The van der Waals surface area contributed by atoms with Gasteiger partial charge in [0.05, 0.1) is 0 Å². The van der Waals surface area contributed by atoms with Gasteiger partial charge in [-0.1, -0.05) is 0 Å². The van der Waals surface area contributed by atoms with Crippen molar-refractivity contribution in [1.82, 2.24) is 9.55 Å². The molecule has 0 spiro atoms. The van der Waals surface area contributed by atoms with Crippen LogP contribution in [0.1, 0.15) is 30.3 Å². The largest absolute Gasteiger partial charge is 0.481 e. The van der Waals surface area contributed by atoms with Gasteiger partial charge in [0, 0.05) is 24.9 Å².